The Morgan fingerprint density at radius 2 is 1.81 bits per heavy atom. The molecule has 0 saturated heterocycles. The second-order valence-corrected chi connectivity index (χ2v) is 4.90. The van der Waals surface area contributed by atoms with Crippen molar-refractivity contribution in [2.45, 2.75) is 25.7 Å². The summed E-state index contributed by atoms with van der Waals surface area (Å²) in [4.78, 5) is 22.7. The average molecular weight is 226 g/mol. The second-order valence-electron chi connectivity index (χ2n) is 4.90. The summed E-state index contributed by atoms with van der Waals surface area (Å²) in [6, 6.07) is 0. The summed E-state index contributed by atoms with van der Waals surface area (Å²) in [5.41, 5.74) is 0. The fraction of sp³-hybridized carbons (Fsp3) is 0.833. The lowest BCUT2D eigenvalue weighted by Gasteiger charge is -2.25. The molecule has 2 aliphatic carbocycles. The van der Waals surface area contributed by atoms with Crippen molar-refractivity contribution in [1.82, 2.24) is 0 Å². The SMILES string of the molecule is COC(=O)CC1CC2CC1CC2C(=O)OC. The van der Waals surface area contributed by atoms with Crippen LogP contribution in [0.2, 0.25) is 0 Å². The molecule has 0 N–H and O–H groups in total. The van der Waals surface area contributed by atoms with Gasteiger partial charge in [-0.25, -0.2) is 0 Å². The Morgan fingerprint density at radius 3 is 2.31 bits per heavy atom. The van der Waals surface area contributed by atoms with E-state index in [4.69, 9.17) is 4.74 Å². The lowest BCUT2D eigenvalue weighted by molar-refractivity contribution is -0.147. The molecule has 90 valence electrons. The van der Waals surface area contributed by atoms with Gasteiger partial charge in [-0.3, -0.25) is 9.59 Å². The van der Waals surface area contributed by atoms with Crippen LogP contribution in [0.1, 0.15) is 25.7 Å². The van der Waals surface area contributed by atoms with Gasteiger partial charge in [-0.15, -0.1) is 0 Å². The molecular formula is C12H18O4. The Hall–Kier alpha value is -1.06. The molecule has 0 heterocycles. The van der Waals surface area contributed by atoms with Gasteiger partial charge in [0.2, 0.25) is 0 Å². The lowest BCUT2D eigenvalue weighted by atomic mass is 9.80. The van der Waals surface area contributed by atoms with E-state index in [1.807, 2.05) is 0 Å². The second kappa shape index (κ2) is 4.44. The molecule has 16 heavy (non-hydrogen) atoms. The number of esters is 2. The molecule has 2 aliphatic rings. The summed E-state index contributed by atoms with van der Waals surface area (Å²) >= 11 is 0. The summed E-state index contributed by atoms with van der Waals surface area (Å²) in [5, 5.41) is 0. The standard InChI is InChI=1S/C12H18O4/c1-15-11(13)6-8-4-9-3-7(8)5-10(9)12(14)16-2/h7-10H,3-6H2,1-2H3. The third-order valence-corrected chi connectivity index (χ3v) is 4.16. The summed E-state index contributed by atoms with van der Waals surface area (Å²) in [5.74, 6) is 1.21. The summed E-state index contributed by atoms with van der Waals surface area (Å²) < 4.78 is 9.48. The summed E-state index contributed by atoms with van der Waals surface area (Å²) in [6.45, 7) is 0. The zero-order chi connectivity index (χ0) is 11.7. The fourth-order valence-corrected chi connectivity index (χ4v) is 3.38. The van der Waals surface area contributed by atoms with E-state index in [1.165, 1.54) is 14.2 Å². The summed E-state index contributed by atoms with van der Waals surface area (Å²) in [6.07, 6.45) is 3.44. The van der Waals surface area contributed by atoms with Gasteiger partial charge in [-0.2, -0.15) is 0 Å². The zero-order valence-corrected chi connectivity index (χ0v) is 9.77. The van der Waals surface area contributed by atoms with Gasteiger partial charge >= 0.3 is 11.9 Å². The van der Waals surface area contributed by atoms with Crippen LogP contribution in [0.25, 0.3) is 0 Å². The maximum absolute atomic E-state index is 11.5. The van der Waals surface area contributed by atoms with Crippen molar-refractivity contribution in [1.29, 1.82) is 0 Å². The monoisotopic (exact) mass is 226 g/mol. The van der Waals surface area contributed by atoms with Crippen molar-refractivity contribution in [2.75, 3.05) is 14.2 Å². The first kappa shape index (κ1) is 11.4. The molecule has 4 heteroatoms. The van der Waals surface area contributed by atoms with Crippen LogP contribution in [0.4, 0.5) is 0 Å². The van der Waals surface area contributed by atoms with Crippen LogP contribution < -0.4 is 0 Å². The minimum atomic E-state index is -0.132. The van der Waals surface area contributed by atoms with Gasteiger partial charge in [0.15, 0.2) is 0 Å². The van der Waals surface area contributed by atoms with Crippen molar-refractivity contribution in [3.8, 4) is 0 Å². The van der Waals surface area contributed by atoms with Crippen molar-refractivity contribution in [3.05, 3.63) is 0 Å². The molecule has 0 spiro atoms. The first-order valence-corrected chi connectivity index (χ1v) is 5.80. The average Bonchev–Trinajstić information content (AvgIpc) is 2.87. The van der Waals surface area contributed by atoms with E-state index in [-0.39, 0.29) is 17.9 Å². The molecule has 4 unspecified atom stereocenters. The van der Waals surface area contributed by atoms with Gasteiger partial charge in [-0.05, 0) is 37.0 Å². The van der Waals surface area contributed by atoms with Crippen molar-refractivity contribution in [3.63, 3.8) is 0 Å². The Labute approximate surface area is 95.3 Å². The Balaban J connectivity index is 1.90. The number of rotatable bonds is 3. The first-order valence-electron chi connectivity index (χ1n) is 5.80. The minimum Gasteiger partial charge on any atom is -0.469 e. The number of fused-ring (bicyclic) bond motifs is 2. The maximum Gasteiger partial charge on any atom is 0.308 e. The largest absolute Gasteiger partial charge is 0.469 e. The lowest BCUT2D eigenvalue weighted by Crippen LogP contribution is -2.26. The van der Waals surface area contributed by atoms with Crippen LogP contribution in [-0.4, -0.2) is 26.2 Å². The van der Waals surface area contributed by atoms with Crippen LogP contribution >= 0.6 is 0 Å². The maximum atomic E-state index is 11.5. The Kier molecular flexibility index (Phi) is 3.17. The molecular weight excluding hydrogens is 208 g/mol. The van der Waals surface area contributed by atoms with Crippen molar-refractivity contribution < 1.29 is 19.1 Å². The van der Waals surface area contributed by atoms with E-state index in [0.717, 1.165) is 19.3 Å². The smallest absolute Gasteiger partial charge is 0.308 e. The molecule has 4 atom stereocenters. The molecule has 0 aromatic heterocycles. The normalized spacial score (nSPS) is 36.1. The number of hydrogen-bond donors (Lipinski definition) is 0. The van der Waals surface area contributed by atoms with Crippen LogP contribution in [0.15, 0.2) is 0 Å². The topological polar surface area (TPSA) is 52.6 Å². The van der Waals surface area contributed by atoms with Gasteiger partial charge in [0.1, 0.15) is 0 Å². The molecule has 2 rings (SSSR count). The van der Waals surface area contributed by atoms with Crippen LogP contribution in [0.3, 0.4) is 0 Å². The predicted molar refractivity (Wildman–Crippen MR) is 56.5 cm³/mol. The van der Waals surface area contributed by atoms with Gasteiger partial charge in [0.05, 0.1) is 20.1 Å². The van der Waals surface area contributed by atoms with Gasteiger partial charge < -0.3 is 9.47 Å². The van der Waals surface area contributed by atoms with Gasteiger partial charge in [0, 0.05) is 6.42 Å². The zero-order valence-electron chi connectivity index (χ0n) is 9.77. The van der Waals surface area contributed by atoms with E-state index in [1.54, 1.807) is 0 Å². The number of ether oxygens (including phenoxy) is 2. The minimum absolute atomic E-state index is 0.0731. The van der Waals surface area contributed by atoms with E-state index in [0.29, 0.717) is 24.2 Å². The highest BCUT2D eigenvalue weighted by molar-refractivity contribution is 5.73. The molecule has 2 fully saturated rings. The molecule has 2 bridgehead atoms. The van der Waals surface area contributed by atoms with E-state index < -0.39 is 0 Å². The van der Waals surface area contributed by atoms with Gasteiger partial charge in [0.25, 0.3) is 0 Å². The predicted octanol–water partition coefficient (Wildman–Crippen LogP) is 1.38. The number of methoxy groups -OCH3 is 2. The third kappa shape index (κ3) is 1.93. The highest BCUT2D eigenvalue weighted by Gasteiger charge is 2.49. The first-order chi connectivity index (χ1) is 7.65. The van der Waals surface area contributed by atoms with E-state index >= 15 is 0 Å². The van der Waals surface area contributed by atoms with Crippen LogP contribution in [-0.2, 0) is 19.1 Å². The highest BCUT2D eigenvalue weighted by Crippen LogP contribution is 2.53. The van der Waals surface area contributed by atoms with E-state index in [2.05, 4.69) is 4.74 Å². The van der Waals surface area contributed by atoms with Crippen LogP contribution in [0, 0.1) is 23.7 Å². The van der Waals surface area contributed by atoms with Crippen molar-refractivity contribution in [2.24, 2.45) is 23.7 Å². The molecule has 0 aliphatic heterocycles. The highest BCUT2D eigenvalue weighted by atomic mass is 16.5. The Morgan fingerprint density at radius 1 is 1.06 bits per heavy atom. The van der Waals surface area contributed by atoms with Crippen LogP contribution in [0.5, 0.6) is 0 Å². The molecule has 0 aromatic rings. The quantitative estimate of drug-likeness (QED) is 0.682. The van der Waals surface area contributed by atoms with E-state index in [9.17, 15) is 9.59 Å². The number of hydrogen-bond acceptors (Lipinski definition) is 4. The molecule has 0 radical (unpaired) electrons. The summed E-state index contributed by atoms with van der Waals surface area (Å²) in [7, 11) is 2.87. The molecule has 0 amide bonds. The molecule has 0 aromatic carbocycles. The third-order valence-electron chi connectivity index (χ3n) is 4.16. The van der Waals surface area contributed by atoms with Crippen molar-refractivity contribution >= 4 is 11.9 Å². The number of carbonyl (C=O) groups excluding carboxylic acids is 2. The molecule has 4 nitrogen and oxygen atoms in total. The number of carbonyl (C=O) groups is 2. The molecule has 2 saturated carbocycles. The van der Waals surface area contributed by atoms with Gasteiger partial charge in [-0.1, -0.05) is 0 Å². The Bertz CT molecular complexity index is 299. The fourth-order valence-electron chi connectivity index (χ4n) is 3.38.